The molecule has 1 amide bonds. The first-order valence-electron chi connectivity index (χ1n) is 10.0. The maximum Gasteiger partial charge on any atom is 0.251 e. The van der Waals surface area contributed by atoms with Crippen molar-refractivity contribution >= 4 is 31.9 Å². The predicted molar refractivity (Wildman–Crippen MR) is 120 cm³/mol. The second kappa shape index (κ2) is 9.94. The summed E-state index contributed by atoms with van der Waals surface area (Å²) in [6, 6.07) is 12.3. The number of benzene rings is 2. The molecular weight excluding hydrogens is 468 g/mol. The lowest BCUT2D eigenvalue weighted by Crippen LogP contribution is -2.25. The molecule has 3 rings (SSSR count). The quantitative estimate of drug-likeness (QED) is 0.620. The highest BCUT2D eigenvalue weighted by Crippen LogP contribution is 2.26. The summed E-state index contributed by atoms with van der Waals surface area (Å²) in [6.07, 6.45) is 6.26. The molecule has 0 bridgehead atoms. The number of halogens is 1. The van der Waals surface area contributed by atoms with Crippen LogP contribution in [0.4, 0.5) is 0 Å². The SMILES string of the molecule is CN(C)S(=O)(=O)c1cc(C(=O)NCc2ccc(OC3CCCCC3)cc2)ccc1Br. The lowest BCUT2D eigenvalue weighted by Gasteiger charge is -2.23. The van der Waals surface area contributed by atoms with Gasteiger partial charge in [-0.15, -0.1) is 0 Å². The Bertz CT molecular complexity index is 985. The first kappa shape index (κ1) is 22.8. The molecule has 0 spiro atoms. The third-order valence-corrected chi connectivity index (χ3v) is 7.99. The number of hydrogen-bond donors (Lipinski definition) is 1. The average molecular weight is 495 g/mol. The van der Waals surface area contributed by atoms with E-state index in [1.807, 2.05) is 24.3 Å². The number of carbonyl (C=O) groups is 1. The Hall–Kier alpha value is -1.90. The summed E-state index contributed by atoms with van der Waals surface area (Å²) < 4.78 is 32.4. The van der Waals surface area contributed by atoms with E-state index in [-0.39, 0.29) is 16.4 Å². The number of ether oxygens (including phenoxy) is 1. The van der Waals surface area contributed by atoms with Gasteiger partial charge in [0.15, 0.2) is 0 Å². The zero-order valence-electron chi connectivity index (χ0n) is 17.2. The maximum atomic E-state index is 12.5. The van der Waals surface area contributed by atoms with Crippen LogP contribution in [-0.2, 0) is 16.6 Å². The van der Waals surface area contributed by atoms with Gasteiger partial charge in [0.1, 0.15) is 5.75 Å². The van der Waals surface area contributed by atoms with E-state index in [9.17, 15) is 13.2 Å². The van der Waals surface area contributed by atoms with E-state index in [2.05, 4.69) is 21.2 Å². The molecule has 2 aromatic rings. The maximum absolute atomic E-state index is 12.5. The fourth-order valence-electron chi connectivity index (χ4n) is 3.38. The summed E-state index contributed by atoms with van der Waals surface area (Å²) >= 11 is 3.25. The number of nitrogens with zero attached hydrogens (tertiary/aromatic N) is 1. The summed E-state index contributed by atoms with van der Waals surface area (Å²) in [5.41, 5.74) is 1.23. The molecule has 2 aromatic carbocycles. The summed E-state index contributed by atoms with van der Waals surface area (Å²) in [4.78, 5) is 12.6. The highest BCUT2D eigenvalue weighted by atomic mass is 79.9. The number of rotatable bonds is 7. The molecule has 1 N–H and O–H groups in total. The van der Waals surface area contributed by atoms with Crippen molar-refractivity contribution in [2.45, 2.75) is 49.6 Å². The van der Waals surface area contributed by atoms with Crippen molar-refractivity contribution in [2.75, 3.05) is 14.1 Å². The van der Waals surface area contributed by atoms with Crippen LogP contribution < -0.4 is 10.1 Å². The lowest BCUT2D eigenvalue weighted by molar-refractivity contribution is 0.0950. The molecule has 6 nitrogen and oxygen atoms in total. The summed E-state index contributed by atoms with van der Waals surface area (Å²) in [7, 11) is -0.746. The molecule has 1 fully saturated rings. The minimum Gasteiger partial charge on any atom is -0.490 e. The topological polar surface area (TPSA) is 75.7 Å². The predicted octanol–water partition coefficient (Wildman–Crippen LogP) is 4.34. The molecule has 1 saturated carbocycles. The first-order chi connectivity index (χ1) is 14.3. The molecule has 0 aromatic heterocycles. The molecule has 0 unspecified atom stereocenters. The van der Waals surface area contributed by atoms with Gasteiger partial charge in [-0.25, -0.2) is 12.7 Å². The van der Waals surface area contributed by atoms with Crippen LogP contribution in [0.15, 0.2) is 51.8 Å². The Morgan fingerprint density at radius 3 is 2.40 bits per heavy atom. The largest absolute Gasteiger partial charge is 0.490 e. The molecule has 0 atom stereocenters. The van der Waals surface area contributed by atoms with Gasteiger partial charge in [0.25, 0.3) is 5.91 Å². The van der Waals surface area contributed by atoms with Crippen LogP contribution in [-0.4, -0.2) is 38.8 Å². The van der Waals surface area contributed by atoms with E-state index in [1.54, 1.807) is 12.1 Å². The Balaban J connectivity index is 1.61. The Labute approximate surface area is 186 Å². The Morgan fingerprint density at radius 2 is 1.77 bits per heavy atom. The molecule has 1 aliphatic rings. The third-order valence-electron chi connectivity index (χ3n) is 5.18. The fraction of sp³-hybridized carbons (Fsp3) is 0.409. The van der Waals surface area contributed by atoms with Gasteiger partial charge in [0.2, 0.25) is 10.0 Å². The number of hydrogen-bond acceptors (Lipinski definition) is 4. The van der Waals surface area contributed by atoms with E-state index >= 15 is 0 Å². The minimum atomic E-state index is -3.66. The van der Waals surface area contributed by atoms with E-state index in [4.69, 9.17) is 4.74 Å². The van der Waals surface area contributed by atoms with Crippen LogP contribution in [0.3, 0.4) is 0 Å². The molecule has 0 radical (unpaired) electrons. The van der Waals surface area contributed by atoms with Crippen molar-refractivity contribution < 1.29 is 17.9 Å². The van der Waals surface area contributed by atoms with Crippen LogP contribution in [0.25, 0.3) is 0 Å². The van der Waals surface area contributed by atoms with Crippen molar-refractivity contribution in [1.29, 1.82) is 0 Å². The van der Waals surface area contributed by atoms with Crippen molar-refractivity contribution in [1.82, 2.24) is 9.62 Å². The zero-order valence-corrected chi connectivity index (χ0v) is 19.6. The van der Waals surface area contributed by atoms with Crippen molar-refractivity contribution in [2.24, 2.45) is 0 Å². The molecule has 162 valence electrons. The molecular formula is C22H27BrN2O4S. The second-order valence-electron chi connectivity index (χ2n) is 7.64. The summed E-state index contributed by atoms with van der Waals surface area (Å²) in [5.74, 6) is 0.517. The van der Waals surface area contributed by atoms with Crippen molar-refractivity contribution in [3.8, 4) is 5.75 Å². The summed E-state index contributed by atoms with van der Waals surface area (Å²) in [6.45, 7) is 0.342. The highest BCUT2D eigenvalue weighted by Gasteiger charge is 2.22. The van der Waals surface area contributed by atoms with Gasteiger partial charge >= 0.3 is 0 Å². The average Bonchev–Trinajstić information content (AvgIpc) is 2.74. The molecule has 30 heavy (non-hydrogen) atoms. The fourth-order valence-corrected chi connectivity index (χ4v) is 5.23. The Kier molecular flexibility index (Phi) is 7.55. The molecule has 1 aliphatic carbocycles. The zero-order chi connectivity index (χ0) is 21.7. The lowest BCUT2D eigenvalue weighted by atomic mass is 9.98. The van der Waals surface area contributed by atoms with Gasteiger partial charge in [-0.05, 0) is 77.5 Å². The number of sulfonamides is 1. The highest BCUT2D eigenvalue weighted by molar-refractivity contribution is 9.10. The third kappa shape index (κ3) is 5.62. The van der Waals surface area contributed by atoms with E-state index in [1.165, 1.54) is 39.4 Å². The molecule has 0 aliphatic heterocycles. The van der Waals surface area contributed by atoms with E-state index < -0.39 is 10.0 Å². The van der Waals surface area contributed by atoms with Gasteiger partial charge in [-0.3, -0.25) is 4.79 Å². The number of nitrogens with one attached hydrogen (secondary N) is 1. The van der Waals surface area contributed by atoms with Crippen molar-refractivity contribution in [3.05, 3.63) is 58.1 Å². The smallest absolute Gasteiger partial charge is 0.251 e. The number of amides is 1. The van der Waals surface area contributed by atoms with Crippen LogP contribution >= 0.6 is 15.9 Å². The second-order valence-corrected chi connectivity index (χ2v) is 10.6. The van der Waals surface area contributed by atoms with Crippen LogP contribution in [0.2, 0.25) is 0 Å². The van der Waals surface area contributed by atoms with Gasteiger partial charge in [-0.2, -0.15) is 0 Å². The standard InChI is InChI=1S/C22H27BrN2O4S/c1-25(2)30(27,28)21-14-17(10-13-20(21)23)22(26)24-15-16-8-11-19(12-9-16)29-18-6-4-3-5-7-18/h8-14,18H,3-7,15H2,1-2H3,(H,24,26). The molecule has 0 saturated heterocycles. The van der Waals surface area contributed by atoms with Crippen LogP contribution in [0.1, 0.15) is 48.0 Å². The van der Waals surface area contributed by atoms with E-state index in [0.717, 1.165) is 28.5 Å². The normalized spacial score (nSPS) is 15.2. The molecule has 8 heteroatoms. The Morgan fingerprint density at radius 1 is 1.10 bits per heavy atom. The van der Waals surface area contributed by atoms with Crippen LogP contribution in [0.5, 0.6) is 5.75 Å². The van der Waals surface area contributed by atoms with Gasteiger partial charge in [0, 0.05) is 30.7 Å². The van der Waals surface area contributed by atoms with Gasteiger partial charge in [-0.1, -0.05) is 18.6 Å². The minimum absolute atomic E-state index is 0.0596. The summed E-state index contributed by atoms with van der Waals surface area (Å²) in [5, 5.41) is 2.84. The van der Waals surface area contributed by atoms with Crippen LogP contribution in [0, 0.1) is 0 Å². The van der Waals surface area contributed by atoms with Gasteiger partial charge < -0.3 is 10.1 Å². The van der Waals surface area contributed by atoms with Gasteiger partial charge in [0.05, 0.1) is 11.0 Å². The van der Waals surface area contributed by atoms with E-state index in [0.29, 0.717) is 17.1 Å². The number of carbonyl (C=O) groups excluding carboxylic acids is 1. The molecule has 0 heterocycles. The first-order valence-corrected chi connectivity index (χ1v) is 12.3. The van der Waals surface area contributed by atoms with Crippen molar-refractivity contribution in [3.63, 3.8) is 0 Å². The monoisotopic (exact) mass is 494 g/mol.